The third-order valence-corrected chi connectivity index (χ3v) is 2.48. The van der Waals surface area contributed by atoms with Gasteiger partial charge in [-0.3, -0.25) is 4.79 Å². The SMILES string of the molecule is C=CCNCC(=O)NCCc1ccc(Cl)cc1. The maximum absolute atomic E-state index is 11.3. The minimum atomic E-state index is 0.000753. The number of rotatable bonds is 7. The summed E-state index contributed by atoms with van der Waals surface area (Å²) in [5.41, 5.74) is 1.16. The lowest BCUT2D eigenvalue weighted by Crippen LogP contribution is -2.34. The largest absolute Gasteiger partial charge is 0.355 e. The Bertz CT molecular complexity index is 362. The Hall–Kier alpha value is -1.32. The van der Waals surface area contributed by atoms with Gasteiger partial charge in [0.15, 0.2) is 0 Å². The zero-order valence-corrected chi connectivity index (χ0v) is 10.5. The van der Waals surface area contributed by atoms with Crippen LogP contribution in [0.5, 0.6) is 0 Å². The maximum Gasteiger partial charge on any atom is 0.233 e. The van der Waals surface area contributed by atoms with Crippen LogP contribution in [0.15, 0.2) is 36.9 Å². The van der Waals surface area contributed by atoms with Gasteiger partial charge < -0.3 is 10.6 Å². The van der Waals surface area contributed by atoms with Crippen molar-refractivity contribution in [3.05, 3.63) is 47.5 Å². The molecule has 0 aliphatic rings. The lowest BCUT2D eigenvalue weighted by Gasteiger charge is -2.05. The quantitative estimate of drug-likeness (QED) is 0.574. The second kappa shape index (κ2) is 7.87. The molecule has 1 amide bonds. The van der Waals surface area contributed by atoms with E-state index in [9.17, 15) is 4.79 Å². The first kappa shape index (κ1) is 13.7. The highest BCUT2D eigenvalue weighted by Gasteiger charge is 1.99. The van der Waals surface area contributed by atoms with Gasteiger partial charge in [0, 0.05) is 18.1 Å². The van der Waals surface area contributed by atoms with Crippen molar-refractivity contribution in [3.63, 3.8) is 0 Å². The van der Waals surface area contributed by atoms with Gasteiger partial charge >= 0.3 is 0 Å². The van der Waals surface area contributed by atoms with Gasteiger partial charge in [0.2, 0.25) is 5.91 Å². The number of carbonyl (C=O) groups is 1. The summed E-state index contributed by atoms with van der Waals surface area (Å²) >= 11 is 5.78. The van der Waals surface area contributed by atoms with E-state index >= 15 is 0 Å². The number of hydrogen-bond donors (Lipinski definition) is 2. The molecule has 0 aliphatic carbocycles. The molecule has 1 aromatic rings. The normalized spacial score (nSPS) is 9.94. The van der Waals surface area contributed by atoms with Crippen molar-refractivity contribution in [1.29, 1.82) is 0 Å². The van der Waals surface area contributed by atoms with Crippen LogP contribution in [0.25, 0.3) is 0 Å². The highest BCUT2D eigenvalue weighted by atomic mass is 35.5. The van der Waals surface area contributed by atoms with E-state index in [-0.39, 0.29) is 5.91 Å². The number of hydrogen-bond acceptors (Lipinski definition) is 2. The number of halogens is 1. The van der Waals surface area contributed by atoms with E-state index in [4.69, 9.17) is 11.6 Å². The van der Waals surface area contributed by atoms with Crippen LogP contribution in [0.4, 0.5) is 0 Å². The van der Waals surface area contributed by atoms with E-state index in [1.54, 1.807) is 6.08 Å². The summed E-state index contributed by atoms with van der Waals surface area (Å²) in [6, 6.07) is 7.63. The molecule has 17 heavy (non-hydrogen) atoms. The Morgan fingerprint density at radius 2 is 2.06 bits per heavy atom. The molecule has 3 nitrogen and oxygen atoms in total. The fraction of sp³-hybridized carbons (Fsp3) is 0.308. The van der Waals surface area contributed by atoms with E-state index in [1.165, 1.54) is 0 Å². The fourth-order valence-electron chi connectivity index (χ4n) is 1.35. The Morgan fingerprint density at radius 1 is 1.35 bits per heavy atom. The highest BCUT2D eigenvalue weighted by Crippen LogP contribution is 2.09. The molecule has 0 unspecified atom stereocenters. The van der Waals surface area contributed by atoms with Gasteiger partial charge in [-0.25, -0.2) is 0 Å². The van der Waals surface area contributed by atoms with Gasteiger partial charge in [0.1, 0.15) is 0 Å². The first-order valence-electron chi connectivity index (χ1n) is 5.55. The monoisotopic (exact) mass is 252 g/mol. The number of carbonyl (C=O) groups excluding carboxylic acids is 1. The standard InChI is InChI=1S/C13H17ClN2O/c1-2-8-15-10-13(17)16-9-7-11-3-5-12(14)6-4-11/h2-6,15H,1,7-10H2,(H,16,17). The van der Waals surface area contributed by atoms with Crippen LogP contribution in [0, 0.1) is 0 Å². The molecule has 1 rings (SSSR count). The van der Waals surface area contributed by atoms with Gasteiger partial charge in [-0.2, -0.15) is 0 Å². The Morgan fingerprint density at radius 3 is 2.71 bits per heavy atom. The molecule has 0 saturated carbocycles. The lowest BCUT2D eigenvalue weighted by atomic mass is 10.1. The minimum Gasteiger partial charge on any atom is -0.355 e. The van der Waals surface area contributed by atoms with E-state index in [0.717, 1.165) is 17.0 Å². The maximum atomic E-state index is 11.3. The molecule has 2 N–H and O–H groups in total. The number of amides is 1. The van der Waals surface area contributed by atoms with Gasteiger partial charge in [0.25, 0.3) is 0 Å². The number of benzene rings is 1. The molecular weight excluding hydrogens is 236 g/mol. The lowest BCUT2D eigenvalue weighted by molar-refractivity contribution is -0.120. The van der Waals surface area contributed by atoms with Crippen LogP contribution < -0.4 is 10.6 Å². The van der Waals surface area contributed by atoms with Crippen LogP contribution in [-0.2, 0) is 11.2 Å². The smallest absolute Gasteiger partial charge is 0.233 e. The van der Waals surface area contributed by atoms with Crippen molar-refractivity contribution >= 4 is 17.5 Å². The Kier molecular flexibility index (Phi) is 6.37. The van der Waals surface area contributed by atoms with E-state index in [0.29, 0.717) is 19.6 Å². The molecule has 0 aliphatic heterocycles. The molecule has 0 radical (unpaired) electrons. The predicted molar refractivity (Wildman–Crippen MR) is 71.2 cm³/mol. The predicted octanol–water partition coefficient (Wildman–Crippen LogP) is 1.77. The average Bonchev–Trinajstić information content (AvgIpc) is 2.32. The topological polar surface area (TPSA) is 41.1 Å². The minimum absolute atomic E-state index is 0.000753. The number of nitrogens with one attached hydrogen (secondary N) is 2. The summed E-state index contributed by atoms with van der Waals surface area (Å²) in [6.07, 6.45) is 2.53. The highest BCUT2D eigenvalue weighted by molar-refractivity contribution is 6.30. The molecule has 0 bridgehead atoms. The molecule has 0 spiro atoms. The third kappa shape index (κ3) is 6.09. The molecule has 0 saturated heterocycles. The van der Waals surface area contributed by atoms with Crippen molar-refractivity contribution in [1.82, 2.24) is 10.6 Å². The molecule has 0 fully saturated rings. The molecule has 1 aromatic carbocycles. The zero-order chi connectivity index (χ0) is 12.5. The first-order valence-corrected chi connectivity index (χ1v) is 5.93. The summed E-state index contributed by atoms with van der Waals surface area (Å²) in [7, 11) is 0. The molecule has 92 valence electrons. The molecule has 0 heterocycles. The van der Waals surface area contributed by atoms with Gasteiger partial charge in [-0.1, -0.05) is 29.8 Å². The summed E-state index contributed by atoms with van der Waals surface area (Å²) in [4.78, 5) is 11.3. The van der Waals surface area contributed by atoms with Crippen molar-refractivity contribution in [3.8, 4) is 0 Å². The van der Waals surface area contributed by atoms with Crippen LogP contribution in [-0.4, -0.2) is 25.5 Å². The van der Waals surface area contributed by atoms with E-state index in [2.05, 4.69) is 17.2 Å². The van der Waals surface area contributed by atoms with Gasteiger partial charge in [0.05, 0.1) is 6.54 Å². The Labute approximate surface area is 107 Å². The second-order valence-corrected chi connectivity index (χ2v) is 4.08. The summed E-state index contributed by atoms with van der Waals surface area (Å²) in [6.45, 7) is 5.17. The van der Waals surface area contributed by atoms with Crippen molar-refractivity contribution in [2.45, 2.75) is 6.42 Å². The van der Waals surface area contributed by atoms with Crippen LogP contribution >= 0.6 is 11.6 Å². The summed E-state index contributed by atoms with van der Waals surface area (Å²) in [5, 5.41) is 6.51. The molecular formula is C13H17ClN2O. The summed E-state index contributed by atoms with van der Waals surface area (Å²) in [5.74, 6) is 0.000753. The third-order valence-electron chi connectivity index (χ3n) is 2.22. The summed E-state index contributed by atoms with van der Waals surface area (Å²) < 4.78 is 0. The first-order chi connectivity index (χ1) is 8.22. The van der Waals surface area contributed by atoms with Crippen LogP contribution in [0.3, 0.4) is 0 Å². The van der Waals surface area contributed by atoms with E-state index < -0.39 is 0 Å². The second-order valence-electron chi connectivity index (χ2n) is 3.65. The molecule has 4 heteroatoms. The van der Waals surface area contributed by atoms with Crippen LogP contribution in [0.1, 0.15) is 5.56 Å². The van der Waals surface area contributed by atoms with Gasteiger partial charge in [-0.15, -0.1) is 6.58 Å². The van der Waals surface area contributed by atoms with Gasteiger partial charge in [-0.05, 0) is 24.1 Å². The average molecular weight is 253 g/mol. The molecule has 0 aromatic heterocycles. The zero-order valence-electron chi connectivity index (χ0n) is 9.71. The fourth-order valence-corrected chi connectivity index (χ4v) is 1.47. The van der Waals surface area contributed by atoms with E-state index in [1.807, 2.05) is 24.3 Å². The van der Waals surface area contributed by atoms with Crippen molar-refractivity contribution in [2.24, 2.45) is 0 Å². The van der Waals surface area contributed by atoms with Crippen molar-refractivity contribution < 1.29 is 4.79 Å². The van der Waals surface area contributed by atoms with Crippen molar-refractivity contribution in [2.75, 3.05) is 19.6 Å². The van der Waals surface area contributed by atoms with Crippen LogP contribution in [0.2, 0.25) is 5.02 Å². The molecule has 0 atom stereocenters. The Balaban J connectivity index is 2.16.